The van der Waals surface area contributed by atoms with Crippen LogP contribution in [-0.4, -0.2) is 13.3 Å². The van der Waals surface area contributed by atoms with Gasteiger partial charge in [-0.05, 0) is 35.4 Å². The summed E-state index contributed by atoms with van der Waals surface area (Å²) in [6.07, 6.45) is 1.80. The Morgan fingerprint density at radius 1 is 0.923 bits per heavy atom. The van der Waals surface area contributed by atoms with Crippen LogP contribution in [0.15, 0.2) is 77.8 Å². The van der Waals surface area contributed by atoms with Gasteiger partial charge in [-0.15, -0.1) is 0 Å². The first-order chi connectivity index (χ1) is 12.8. The average Bonchev–Trinajstić information content (AvgIpc) is 2.72. The number of hydrogen-bond acceptors (Lipinski definition) is 4. The van der Waals surface area contributed by atoms with Crippen LogP contribution in [0.3, 0.4) is 0 Å². The molecule has 3 aromatic carbocycles. The van der Waals surface area contributed by atoms with Crippen LogP contribution in [0.25, 0.3) is 0 Å². The minimum absolute atomic E-state index is 0.486. The van der Waals surface area contributed by atoms with Gasteiger partial charge in [0.1, 0.15) is 18.1 Å². The molecule has 132 valence electrons. The molecular formula is C22H22N2O2. The van der Waals surface area contributed by atoms with Crippen LogP contribution < -0.4 is 15.2 Å². The molecule has 26 heavy (non-hydrogen) atoms. The number of ether oxygens (including phenoxy) is 2. The number of nitrogens with two attached hydrogens (primary N) is 1. The van der Waals surface area contributed by atoms with Gasteiger partial charge >= 0.3 is 0 Å². The first-order valence-corrected chi connectivity index (χ1v) is 8.46. The third-order valence-electron chi connectivity index (χ3n) is 3.98. The highest BCUT2D eigenvalue weighted by Crippen LogP contribution is 2.25. The quantitative estimate of drug-likeness (QED) is 0.642. The Morgan fingerprint density at radius 2 is 1.69 bits per heavy atom. The van der Waals surface area contributed by atoms with Crippen LogP contribution >= 0.6 is 0 Å². The summed E-state index contributed by atoms with van der Waals surface area (Å²) in [5, 5.41) is 0. The van der Waals surface area contributed by atoms with Crippen molar-refractivity contribution in [3.8, 4) is 11.5 Å². The lowest BCUT2D eigenvalue weighted by molar-refractivity contribution is 0.303. The molecule has 0 unspecified atom stereocenters. The number of hydrogen-bond donors (Lipinski definition) is 1. The maximum absolute atomic E-state index is 6.00. The summed E-state index contributed by atoms with van der Waals surface area (Å²) in [7, 11) is 1.64. The molecule has 3 rings (SSSR count). The molecule has 4 nitrogen and oxygen atoms in total. The van der Waals surface area contributed by atoms with Gasteiger partial charge in [0, 0.05) is 24.4 Å². The van der Waals surface area contributed by atoms with E-state index in [-0.39, 0.29) is 0 Å². The Balaban J connectivity index is 1.79. The van der Waals surface area contributed by atoms with E-state index in [2.05, 4.69) is 4.99 Å². The van der Waals surface area contributed by atoms with Gasteiger partial charge in [-0.1, -0.05) is 42.5 Å². The topological polar surface area (TPSA) is 56.8 Å². The lowest BCUT2D eigenvalue weighted by Gasteiger charge is -2.11. The van der Waals surface area contributed by atoms with E-state index in [1.54, 1.807) is 13.3 Å². The molecule has 0 aliphatic carbocycles. The van der Waals surface area contributed by atoms with Gasteiger partial charge in [0.05, 0.1) is 12.8 Å². The zero-order valence-corrected chi connectivity index (χ0v) is 14.8. The molecule has 0 atom stereocenters. The second-order valence-corrected chi connectivity index (χ2v) is 5.81. The molecule has 0 aromatic heterocycles. The molecule has 0 aliphatic rings. The predicted molar refractivity (Wildman–Crippen MR) is 105 cm³/mol. The molecule has 4 heteroatoms. The molecular weight excluding hydrogens is 324 g/mol. The van der Waals surface area contributed by atoms with Crippen LogP contribution in [0, 0.1) is 0 Å². The SMILES string of the molecule is COc1ccc(C=Nc2ccc(CN)cc2)c(OCc2ccccc2)c1. The third kappa shape index (κ3) is 4.71. The summed E-state index contributed by atoms with van der Waals surface area (Å²) in [5.74, 6) is 1.48. The highest BCUT2D eigenvalue weighted by molar-refractivity contribution is 5.85. The Kier molecular flexibility index (Phi) is 6.01. The van der Waals surface area contributed by atoms with E-state index in [4.69, 9.17) is 15.2 Å². The molecule has 0 heterocycles. The highest BCUT2D eigenvalue weighted by atomic mass is 16.5. The number of aliphatic imine (C=N–C) groups is 1. The third-order valence-corrected chi connectivity index (χ3v) is 3.98. The molecule has 0 radical (unpaired) electrons. The van der Waals surface area contributed by atoms with Gasteiger partial charge in [0.2, 0.25) is 0 Å². The van der Waals surface area contributed by atoms with Gasteiger partial charge in [0.15, 0.2) is 0 Å². The highest BCUT2D eigenvalue weighted by Gasteiger charge is 2.05. The van der Waals surface area contributed by atoms with Gasteiger partial charge in [-0.2, -0.15) is 0 Å². The normalized spacial score (nSPS) is 10.8. The number of rotatable bonds is 7. The van der Waals surface area contributed by atoms with Crippen LogP contribution in [0.5, 0.6) is 11.5 Å². The van der Waals surface area contributed by atoms with Crippen LogP contribution in [0.1, 0.15) is 16.7 Å². The molecule has 0 saturated carbocycles. The Hall–Kier alpha value is -3.11. The van der Waals surface area contributed by atoms with E-state index in [1.165, 1.54) is 0 Å². The first-order valence-electron chi connectivity index (χ1n) is 8.46. The fourth-order valence-electron chi connectivity index (χ4n) is 2.47. The number of methoxy groups -OCH3 is 1. The molecule has 2 N–H and O–H groups in total. The molecule has 0 saturated heterocycles. The molecule has 0 amide bonds. The van der Waals surface area contributed by atoms with Crippen LogP contribution in [-0.2, 0) is 13.2 Å². The monoisotopic (exact) mass is 346 g/mol. The second kappa shape index (κ2) is 8.83. The van der Waals surface area contributed by atoms with Crippen molar-refractivity contribution in [1.82, 2.24) is 0 Å². The number of benzene rings is 3. The van der Waals surface area contributed by atoms with Crippen molar-refractivity contribution < 1.29 is 9.47 Å². The van der Waals surface area contributed by atoms with Crippen molar-refractivity contribution in [3.63, 3.8) is 0 Å². The van der Waals surface area contributed by atoms with Crippen LogP contribution in [0.2, 0.25) is 0 Å². The van der Waals surface area contributed by atoms with Gasteiger partial charge in [-0.25, -0.2) is 0 Å². The summed E-state index contributed by atoms with van der Waals surface area (Å²) in [5.41, 5.74) is 9.58. The average molecular weight is 346 g/mol. The Bertz CT molecular complexity index is 859. The van der Waals surface area contributed by atoms with Gasteiger partial charge in [0.25, 0.3) is 0 Å². The molecule has 0 bridgehead atoms. The van der Waals surface area contributed by atoms with E-state index in [0.29, 0.717) is 13.2 Å². The van der Waals surface area contributed by atoms with Gasteiger partial charge < -0.3 is 15.2 Å². The van der Waals surface area contributed by atoms with Crippen molar-refractivity contribution in [2.75, 3.05) is 7.11 Å². The largest absolute Gasteiger partial charge is 0.497 e. The van der Waals surface area contributed by atoms with Crippen LogP contribution in [0.4, 0.5) is 5.69 Å². The Morgan fingerprint density at radius 3 is 2.38 bits per heavy atom. The van der Waals surface area contributed by atoms with Crippen molar-refractivity contribution in [1.29, 1.82) is 0 Å². The standard InChI is InChI=1S/C22H22N2O2/c1-25-21-12-9-19(15-24-20-10-7-17(14-23)8-11-20)22(13-21)26-16-18-5-3-2-4-6-18/h2-13,15H,14,16,23H2,1H3. The summed E-state index contributed by atoms with van der Waals surface area (Å²) >= 11 is 0. The van der Waals surface area contributed by atoms with Crippen molar-refractivity contribution >= 4 is 11.9 Å². The van der Waals surface area contributed by atoms with E-state index in [1.807, 2.05) is 72.8 Å². The lowest BCUT2D eigenvalue weighted by atomic mass is 10.2. The summed E-state index contributed by atoms with van der Waals surface area (Å²) in [6.45, 7) is 1.01. The minimum Gasteiger partial charge on any atom is -0.497 e. The maximum Gasteiger partial charge on any atom is 0.132 e. The van der Waals surface area contributed by atoms with E-state index < -0.39 is 0 Å². The summed E-state index contributed by atoms with van der Waals surface area (Å²) in [4.78, 5) is 4.54. The van der Waals surface area contributed by atoms with Crippen molar-refractivity contribution in [2.24, 2.45) is 10.7 Å². The molecule has 0 aliphatic heterocycles. The Labute approximate surface area is 153 Å². The second-order valence-electron chi connectivity index (χ2n) is 5.81. The van der Waals surface area contributed by atoms with E-state index in [9.17, 15) is 0 Å². The van der Waals surface area contributed by atoms with Crippen molar-refractivity contribution in [2.45, 2.75) is 13.2 Å². The fourth-order valence-corrected chi connectivity index (χ4v) is 2.47. The van der Waals surface area contributed by atoms with Gasteiger partial charge in [-0.3, -0.25) is 4.99 Å². The van der Waals surface area contributed by atoms with Crippen molar-refractivity contribution in [3.05, 3.63) is 89.5 Å². The molecule has 3 aromatic rings. The maximum atomic E-state index is 6.00. The molecule has 0 fully saturated rings. The zero-order chi connectivity index (χ0) is 18.2. The predicted octanol–water partition coefficient (Wildman–Crippen LogP) is 4.48. The van der Waals surface area contributed by atoms with E-state index >= 15 is 0 Å². The zero-order valence-electron chi connectivity index (χ0n) is 14.8. The van der Waals surface area contributed by atoms with E-state index in [0.717, 1.165) is 33.9 Å². The molecule has 0 spiro atoms. The number of nitrogens with zero attached hydrogens (tertiary/aromatic N) is 1. The fraction of sp³-hybridized carbons (Fsp3) is 0.136. The summed E-state index contributed by atoms with van der Waals surface area (Å²) in [6, 6.07) is 23.6. The first kappa shape index (κ1) is 17.7. The lowest BCUT2D eigenvalue weighted by Crippen LogP contribution is -1.99. The smallest absolute Gasteiger partial charge is 0.132 e. The summed E-state index contributed by atoms with van der Waals surface area (Å²) < 4.78 is 11.3. The minimum atomic E-state index is 0.486.